The van der Waals surface area contributed by atoms with Crippen LogP contribution in [0.3, 0.4) is 0 Å². The topological polar surface area (TPSA) is 77.3 Å². The van der Waals surface area contributed by atoms with Gasteiger partial charge in [0.25, 0.3) is 5.69 Å². The number of hydrogen-bond acceptors (Lipinski definition) is 4. The fraction of sp³-hybridized carbons (Fsp3) is 0.111. The van der Waals surface area contributed by atoms with E-state index in [1.165, 1.54) is 0 Å². The van der Waals surface area contributed by atoms with Crippen LogP contribution in [-0.4, -0.2) is 17.0 Å². The van der Waals surface area contributed by atoms with E-state index in [4.69, 9.17) is 0 Å². The normalized spacial score (nSPS) is 9.73. The summed E-state index contributed by atoms with van der Waals surface area (Å²) in [6.07, 6.45) is 0.212. The van der Waals surface area contributed by atoms with E-state index in [0.29, 0.717) is 0 Å². The van der Waals surface area contributed by atoms with Crippen LogP contribution < -0.4 is 0 Å². The van der Waals surface area contributed by atoms with Crippen LogP contribution in [0, 0.1) is 15.9 Å². The first-order valence-electron chi connectivity index (χ1n) is 3.92. The van der Waals surface area contributed by atoms with Crippen LogP contribution in [0.5, 0.6) is 0 Å². The highest BCUT2D eigenvalue weighted by atomic mass is 19.1. The van der Waals surface area contributed by atoms with Crippen LogP contribution in [0.4, 0.5) is 10.1 Å². The van der Waals surface area contributed by atoms with Crippen molar-refractivity contribution in [2.75, 3.05) is 0 Å². The lowest BCUT2D eigenvalue weighted by Crippen LogP contribution is -2.06. The number of rotatable bonds is 3. The number of nitro benzene ring substituents is 1. The second-order valence-electron chi connectivity index (χ2n) is 2.79. The standard InChI is InChI=1S/C9H6FNO4/c1-5(13)8-7(10)3-2-6(4-12)9(8)11(14)15/h2-4H,1H3. The Morgan fingerprint density at radius 3 is 2.53 bits per heavy atom. The summed E-state index contributed by atoms with van der Waals surface area (Å²) in [5, 5.41) is 10.6. The van der Waals surface area contributed by atoms with Gasteiger partial charge in [0, 0.05) is 0 Å². The third kappa shape index (κ3) is 1.88. The predicted molar refractivity (Wildman–Crippen MR) is 48.4 cm³/mol. The molecular weight excluding hydrogens is 205 g/mol. The third-order valence-electron chi connectivity index (χ3n) is 1.82. The number of aldehydes is 1. The van der Waals surface area contributed by atoms with Gasteiger partial charge in [-0.3, -0.25) is 19.7 Å². The molecule has 0 heterocycles. The molecule has 0 saturated heterocycles. The maximum atomic E-state index is 13.1. The lowest BCUT2D eigenvalue weighted by molar-refractivity contribution is -0.385. The number of hydrogen-bond donors (Lipinski definition) is 0. The number of carbonyl (C=O) groups is 2. The molecule has 78 valence electrons. The molecule has 0 atom stereocenters. The second kappa shape index (κ2) is 3.95. The minimum atomic E-state index is -1.00. The fourth-order valence-electron chi connectivity index (χ4n) is 1.21. The van der Waals surface area contributed by atoms with Crippen molar-refractivity contribution in [3.8, 4) is 0 Å². The van der Waals surface area contributed by atoms with E-state index < -0.39 is 27.8 Å². The molecule has 1 aromatic rings. The molecule has 0 aliphatic carbocycles. The van der Waals surface area contributed by atoms with Crippen molar-refractivity contribution in [2.24, 2.45) is 0 Å². The molecule has 0 bridgehead atoms. The summed E-state index contributed by atoms with van der Waals surface area (Å²) in [6.45, 7) is 1.000. The number of nitro groups is 1. The van der Waals surface area contributed by atoms with E-state index in [2.05, 4.69) is 0 Å². The first-order valence-corrected chi connectivity index (χ1v) is 3.92. The van der Waals surface area contributed by atoms with E-state index in [9.17, 15) is 24.1 Å². The van der Waals surface area contributed by atoms with Gasteiger partial charge in [0.15, 0.2) is 12.1 Å². The highest BCUT2D eigenvalue weighted by Crippen LogP contribution is 2.25. The van der Waals surface area contributed by atoms with Gasteiger partial charge in [-0.2, -0.15) is 0 Å². The first-order chi connectivity index (χ1) is 6.99. The SMILES string of the molecule is CC(=O)c1c(F)ccc(C=O)c1[N+](=O)[O-]. The fourth-order valence-corrected chi connectivity index (χ4v) is 1.21. The summed E-state index contributed by atoms with van der Waals surface area (Å²) >= 11 is 0. The van der Waals surface area contributed by atoms with E-state index in [-0.39, 0.29) is 11.8 Å². The Balaban J connectivity index is 3.65. The van der Waals surface area contributed by atoms with Crippen LogP contribution in [0.1, 0.15) is 27.6 Å². The molecular formula is C9H6FNO4. The van der Waals surface area contributed by atoms with Crippen molar-refractivity contribution in [1.82, 2.24) is 0 Å². The molecule has 1 rings (SSSR count). The van der Waals surface area contributed by atoms with Gasteiger partial charge in [0.05, 0.1) is 10.5 Å². The molecule has 0 N–H and O–H groups in total. The average molecular weight is 211 g/mol. The van der Waals surface area contributed by atoms with Gasteiger partial charge in [0.2, 0.25) is 0 Å². The zero-order valence-electron chi connectivity index (χ0n) is 7.69. The van der Waals surface area contributed by atoms with Crippen molar-refractivity contribution >= 4 is 17.8 Å². The maximum absolute atomic E-state index is 13.1. The van der Waals surface area contributed by atoms with Gasteiger partial charge in [0.1, 0.15) is 11.4 Å². The molecule has 0 unspecified atom stereocenters. The summed E-state index contributed by atoms with van der Waals surface area (Å²) in [5.74, 6) is -1.79. The number of ketones is 1. The number of benzene rings is 1. The average Bonchev–Trinajstić information content (AvgIpc) is 2.16. The Morgan fingerprint density at radius 1 is 1.53 bits per heavy atom. The van der Waals surface area contributed by atoms with Crippen LogP contribution in [0.15, 0.2) is 12.1 Å². The monoisotopic (exact) mass is 211 g/mol. The lowest BCUT2D eigenvalue weighted by atomic mass is 10.0. The van der Waals surface area contributed by atoms with Crippen molar-refractivity contribution in [1.29, 1.82) is 0 Å². The third-order valence-corrected chi connectivity index (χ3v) is 1.82. The number of halogens is 1. The first kappa shape index (κ1) is 11.0. The molecule has 6 heteroatoms. The van der Waals surface area contributed by atoms with Crippen LogP contribution in [0.25, 0.3) is 0 Å². The van der Waals surface area contributed by atoms with Gasteiger partial charge in [-0.1, -0.05) is 0 Å². The summed E-state index contributed by atoms with van der Waals surface area (Å²) < 4.78 is 13.1. The van der Waals surface area contributed by atoms with Crippen molar-refractivity contribution in [3.05, 3.63) is 39.2 Å². The van der Waals surface area contributed by atoms with Crippen LogP contribution in [0.2, 0.25) is 0 Å². The Kier molecular flexibility index (Phi) is 2.89. The maximum Gasteiger partial charge on any atom is 0.293 e. The van der Waals surface area contributed by atoms with Crippen LogP contribution in [-0.2, 0) is 0 Å². The molecule has 0 radical (unpaired) electrons. The largest absolute Gasteiger partial charge is 0.298 e. The molecule has 0 aromatic heterocycles. The molecule has 5 nitrogen and oxygen atoms in total. The number of nitrogens with zero attached hydrogens (tertiary/aromatic N) is 1. The van der Waals surface area contributed by atoms with Gasteiger partial charge >= 0.3 is 0 Å². The molecule has 0 aliphatic heterocycles. The van der Waals surface area contributed by atoms with Gasteiger partial charge < -0.3 is 0 Å². The van der Waals surface area contributed by atoms with Crippen molar-refractivity contribution < 1.29 is 18.9 Å². The second-order valence-corrected chi connectivity index (χ2v) is 2.79. The van der Waals surface area contributed by atoms with E-state index in [1.54, 1.807) is 0 Å². The Morgan fingerprint density at radius 2 is 2.13 bits per heavy atom. The Hall–Kier alpha value is -2.11. The highest BCUT2D eigenvalue weighted by molar-refractivity contribution is 6.01. The number of Topliss-reactive ketones (excluding diaryl/α,β-unsaturated/α-hetero) is 1. The van der Waals surface area contributed by atoms with Gasteiger partial charge in [-0.25, -0.2) is 4.39 Å². The molecule has 0 amide bonds. The summed E-state index contributed by atoms with van der Waals surface area (Å²) in [5.41, 5.74) is -1.76. The molecule has 0 spiro atoms. The molecule has 0 aliphatic rings. The quantitative estimate of drug-likeness (QED) is 0.330. The summed E-state index contributed by atoms with van der Waals surface area (Å²) in [7, 11) is 0. The zero-order chi connectivity index (χ0) is 11.6. The zero-order valence-corrected chi connectivity index (χ0v) is 7.69. The minimum Gasteiger partial charge on any atom is -0.298 e. The lowest BCUT2D eigenvalue weighted by Gasteiger charge is -2.02. The Bertz CT molecular complexity index is 456. The van der Waals surface area contributed by atoms with E-state index in [0.717, 1.165) is 19.1 Å². The minimum absolute atomic E-state index is 0.212. The molecule has 1 aromatic carbocycles. The summed E-state index contributed by atoms with van der Waals surface area (Å²) in [6, 6.07) is 1.82. The van der Waals surface area contributed by atoms with E-state index >= 15 is 0 Å². The van der Waals surface area contributed by atoms with Crippen LogP contribution >= 0.6 is 0 Å². The molecule has 0 fully saturated rings. The molecule has 15 heavy (non-hydrogen) atoms. The van der Waals surface area contributed by atoms with E-state index in [1.807, 2.05) is 0 Å². The van der Waals surface area contributed by atoms with Gasteiger partial charge in [-0.05, 0) is 19.1 Å². The molecule has 0 saturated carbocycles. The Labute approximate surface area is 83.7 Å². The smallest absolute Gasteiger partial charge is 0.293 e. The number of carbonyl (C=O) groups excluding carboxylic acids is 2. The van der Waals surface area contributed by atoms with Gasteiger partial charge in [-0.15, -0.1) is 0 Å². The van der Waals surface area contributed by atoms with Crippen molar-refractivity contribution in [2.45, 2.75) is 6.92 Å². The predicted octanol–water partition coefficient (Wildman–Crippen LogP) is 1.75. The highest BCUT2D eigenvalue weighted by Gasteiger charge is 2.25. The van der Waals surface area contributed by atoms with Crippen molar-refractivity contribution in [3.63, 3.8) is 0 Å². The summed E-state index contributed by atoms with van der Waals surface area (Å²) in [4.78, 5) is 31.1.